The molecule has 21 heavy (non-hydrogen) atoms. The van der Waals surface area contributed by atoms with E-state index in [0.717, 1.165) is 6.07 Å². The normalized spacial score (nSPS) is 30.4. The molecule has 0 radical (unpaired) electrons. The lowest BCUT2D eigenvalue weighted by Crippen LogP contribution is -2.46. The van der Waals surface area contributed by atoms with Crippen LogP contribution >= 0.6 is 11.6 Å². The van der Waals surface area contributed by atoms with E-state index in [1.165, 1.54) is 12.1 Å². The maximum atomic E-state index is 13.7. The average molecular weight is 313 g/mol. The van der Waals surface area contributed by atoms with Crippen LogP contribution in [-0.2, 0) is 14.3 Å². The molecule has 2 heterocycles. The molecule has 7 heteroatoms. The first-order chi connectivity index (χ1) is 9.97. The second-order valence-electron chi connectivity index (χ2n) is 5.27. The van der Waals surface area contributed by atoms with Crippen molar-refractivity contribution in [3.63, 3.8) is 0 Å². The summed E-state index contributed by atoms with van der Waals surface area (Å²) in [4.78, 5) is 23.5. The van der Waals surface area contributed by atoms with E-state index >= 15 is 0 Å². The summed E-state index contributed by atoms with van der Waals surface area (Å²) in [6.45, 7) is 0. The van der Waals surface area contributed by atoms with Gasteiger partial charge in [-0.1, -0.05) is 11.6 Å². The second-order valence-corrected chi connectivity index (χ2v) is 5.71. The van der Waals surface area contributed by atoms with Gasteiger partial charge in [-0.2, -0.15) is 0 Å². The number of carbonyl (C=O) groups is 2. The van der Waals surface area contributed by atoms with Gasteiger partial charge in [0.2, 0.25) is 5.91 Å². The summed E-state index contributed by atoms with van der Waals surface area (Å²) >= 11 is 5.64. The molecule has 2 aliphatic rings. The molecule has 3 rings (SSSR count). The van der Waals surface area contributed by atoms with Crippen molar-refractivity contribution in [1.82, 2.24) is 0 Å². The highest BCUT2D eigenvalue weighted by molar-refractivity contribution is 6.30. The number of halogens is 2. The van der Waals surface area contributed by atoms with E-state index in [2.05, 4.69) is 5.32 Å². The number of hydrogen-bond donors (Lipinski definition) is 1. The summed E-state index contributed by atoms with van der Waals surface area (Å²) in [6, 6.07) is 3.84. The lowest BCUT2D eigenvalue weighted by atomic mass is 9.78. The largest absolute Gasteiger partial charge is 0.550 e. The number of benzene rings is 1. The van der Waals surface area contributed by atoms with Crippen molar-refractivity contribution in [3.8, 4) is 0 Å². The number of carboxylic acid groups (broad SMARTS) is 1. The summed E-state index contributed by atoms with van der Waals surface area (Å²) in [5.41, 5.74) is -0.0377. The molecule has 112 valence electrons. The molecule has 1 amide bonds. The molecule has 5 nitrogen and oxygen atoms in total. The Balaban J connectivity index is 1.80. The van der Waals surface area contributed by atoms with Gasteiger partial charge in [0.25, 0.3) is 0 Å². The lowest BCUT2D eigenvalue weighted by Gasteiger charge is -2.27. The number of rotatable bonds is 3. The van der Waals surface area contributed by atoms with Gasteiger partial charge in [-0.15, -0.1) is 0 Å². The molecule has 0 aromatic heterocycles. The molecule has 0 unspecified atom stereocenters. The van der Waals surface area contributed by atoms with Crippen LogP contribution in [0.3, 0.4) is 0 Å². The SMILES string of the molecule is O=C([O-])[C@@H]1[C@@H](C(=O)Nc2ccc(Cl)cc2F)[C@H]2CC[C@@H]1O2. The van der Waals surface area contributed by atoms with Crippen LogP contribution < -0.4 is 10.4 Å². The summed E-state index contributed by atoms with van der Waals surface area (Å²) in [5.74, 6) is -4.40. The molecular formula is C14H12ClFNO4-. The fraction of sp³-hybridized carbons (Fsp3) is 0.429. The van der Waals surface area contributed by atoms with Gasteiger partial charge in [-0.3, -0.25) is 4.79 Å². The van der Waals surface area contributed by atoms with Crippen LogP contribution in [0.4, 0.5) is 10.1 Å². The highest BCUT2D eigenvalue weighted by atomic mass is 35.5. The number of carboxylic acids is 1. The van der Waals surface area contributed by atoms with Gasteiger partial charge in [0.15, 0.2) is 0 Å². The standard InChI is InChI=1S/C14H13ClFNO4/c15-6-1-2-8(7(16)5-6)17-13(18)11-9-3-4-10(21-9)12(11)14(19)20/h1-2,5,9-12H,3-4H2,(H,17,18)(H,19,20)/p-1/t9-,10+,11+,12+/m1/s1. The Bertz CT molecular complexity index is 609. The number of hydrogen-bond acceptors (Lipinski definition) is 4. The topological polar surface area (TPSA) is 78.5 Å². The van der Waals surface area contributed by atoms with E-state index in [-0.39, 0.29) is 10.7 Å². The van der Waals surface area contributed by atoms with Crippen molar-refractivity contribution >= 4 is 29.2 Å². The summed E-state index contributed by atoms with van der Waals surface area (Å²) in [7, 11) is 0. The Kier molecular flexibility index (Phi) is 3.59. The third-order valence-electron chi connectivity index (χ3n) is 4.04. The number of fused-ring (bicyclic) bond motifs is 2. The molecule has 0 spiro atoms. The zero-order valence-electron chi connectivity index (χ0n) is 10.8. The van der Waals surface area contributed by atoms with Gasteiger partial charge in [-0.05, 0) is 31.0 Å². The van der Waals surface area contributed by atoms with E-state index in [0.29, 0.717) is 12.8 Å². The minimum atomic E-state index is -1.31. The first kappa shape index (κ1) is 14.3. The van der Waals surface area contributed by atoms with Gasteiger partial charge >= 0.3 is 0 Å². The van der Waals surface area contributed by atoms with Crippen LogP contribution in [0, 0.1) is 17.7 Å². The second kappa shape index (κ2) is 5.27. The van der Waals surface area contributed by atoms with Crippen molar-refractivity contribution in [2.24, 2.45) is 11.8 Å². The van der Waals surface area contributed by atoms with E-state index in [9.17, 15) is 19.1 Å². The van der Waals surface area contributed by atoms with Gasteiger partial charge in [0.1, 0.15) is 5.82 Å². The fourth-order valence-electron chi connectivity index (χ4n) is 3.12. The highest BCUT2D eigenvalue weighted by Crippen LogP contribution is 2.43. The van der Waals surface area contributed by atoms with Crippen molar-refractivity contribution in [3.05, 3.63) is 29.0 Å². The zero-order chi connectivity index (χ0) is 15.1. The Morgan fingerprint density at radius 1 is 1.29 bits per heavy atom. The van der Waals surface area contributed by atoms with Crippen molar-refractivity contribution in [2.75, 3.05) is 5.32 Å². The number of amides is 1. The number of aliphatic carboxylic acids is 1. The van der Waals surface area contributed by atoms with Crippen LogP contribution in [0.25, 0.3) is 0 Å². The molecular weight excluding hydrogens is 301 g/mol. The number of carbonyl (C=O) groups excluding carboxylic acids is 2. The minimum Gasteiger partial charge on any atom is -0.550 e. The highest BCUT2D eigenvalue weighted by Gasteiger charge is 2.52. The van der Waals surface area contributed by atoms with E-state index < -0.39 is 41.7 Å². The quantitative estimate of drug-likeness (QED) is 0.901. The van der Waals surface area contributed by atoms with E-state index in [1.54, 1.807) is 0 Å². The molecule has 1 aromatic carbocycles. The third-order valence-corrected chi connectivity index (χ3v) is 4.27. The van der Waals surface area contributed by atoms with Crippen molar-refractivity contribution < 1.29 is 23.8 Å². The molecule has 4 atom stereocenters. The van der Waals surface area contributed by atoms with Crippen LogP contribution in [0.1, 0.15) is 12.8 Å². The molecule has 2 aliphatic heterocycles. The van der Waals surface area contributed by atoms with E-state index in [1.807, 2.05) is 0 Å². The monoisotopic (exact) mass is 312 g/mol. The van der Waals surface area contributed by atoms with Gasteiger partial charge in [-0.25, -0.2) is 4.39 Å². The first-order valence-electron chi connectivity index (χ1n) is 6.59. The molecule has 2 saturated heterocycles. The zero-order valence-corrected chi connectivity index (χ0v) is 11.6. The maximum absolute atomic E-state index is 13.7. The molecule has 0 saturated carbocycles. The molecule has 1 N–H and O–H groups in total. The van der Waals surface area contributed by atoms with Gasteiger partial charge in [0, 0.05) is 16.9 Å². The first-order valence-corrected chi connectivity index (χ1v) is 6.97. The number of ether oxygens (including phenoxy) is 1. The predicted octanol–water partition coefficient (Wildman–Crippen LogP) is 0.961. The van der Waals surface area contributed by atoms with Crippen LogP contribution in [-0.4, -0.2) is 24.1 Å². The molecule has 0 aliphatic carbocycles. The summed E-state index contributed by atoms with van der Waals surface area (Å²) < 4.78 is 19.2. The van der Waals surface area contributed by atoms with E-state index in [4.69, 9.17) is 16.3 Å². The molecule has 1 aromatic rings. The van der Waals surface area contributed by atoms with Crippen LogP contribution in [0.5, 0.6) is 0 Å². The van der Waals surface area contributed by atoms with Crippen LogP contribution in [0.15, 0.2) is 18.2 Å². The van der Waals surface area contributed by atoms with Gasteiger partial charge in [0.05, 0.1) is 23.8 Å². The molecule has 2 fully saturated rings. The Labute approximate surface area is 125 Å². The van der Waals surface area contributed by atoms with Crippen molar-refractivity contribution in [1.29, 1.82) is 0 Å². The lowest BCUT2D eigenvalue weighted by molar-refractivity contribution is -0.313. The maximum Gasteiger partial charge on any atom is 0.230 e. The average Bonchev–Trinajstić information content (AvgIpc) is 3.02. The molecule has 2 bridgehead atoms. The third kappa shape index (κ3) is 2.49. The Morgan fingerprint density at radius 2 is 1.95 bits per heavy atom. The predicted molar refractivity (Wildman–Crippen MR) is 69.9 cm³/mol. The smallest absolute Gasteiger partial charge is 0.230 e. The fourth-order valence-corrected chi connectivity index (χ4v) is 3.28. The van der Waals surface area contributed by atoms with Gasteiger partial charge < -0.3 is 20.0 Å². The van der Waals surface area contributed by atoms with Crippen LogP contribution in [0.2, 0.25) is 5.02 Å². The van der Waals surface area contributed by atoms with Crippen molar-refractivity contribution in [2.45, 2.75) is 25.0 Å². The number of anilines is 1. The summed E-state index contributed by atoms with van der Waals surface area (Å²) in [6.07, 6.45) is 0.275. The number of nitrogens with one attached hydrogen (secondary N) is 1. The minimum absolute atomic E-state index is 0.0377. The Hall–Kier alpha value is -1.66. The summed E-state index contributed by atoms with van der Waals surface area (Å²) in [5, 5.41) is 13.8. The Morgan fingerprint density at radius 3 is 2.57 bits per heavy atom.